The molecule has 0 amide bonds. The number of alkyl halides is 10. The van der Waals surface area contributed by atoms with E-state index in [0.29, 0.717) is 23.8 Å². The van der Waals surface area contributed by atoms with Crippen molar-refractivity contribution in [3.05, 3.63) is 114 Å². The summed E-state index contributed by atoms with van der Waals surface area (Å²) >= 11 is 0. The largest absolute Gasteiger partial charge is 1.00 e. The number of carbonyl (C=O) groups excluding carboxylic acids is 1. The first-order valence-electron chi connectivity index (χ1n) is 13.9. The number of hydrogen-bond donors (Lipinski definition) is 1. The van der Waals surface area contributed by atoms with Crippen molar-refractivity contribution < 1.29 is 231 Å². The van der Waals surface area contributed by atoms with Crippen LogP contribution >= 0.6 is 0 Å². The number of halogens is 11. The average Bonchev–Trinajstić information content (AvgIpc) is 3.75. The van der Waals surface area contributed by atoms with E-state index < -0.39 is 54.0 Å². The average molecular weight is 1040 g/mol. The number of phenolic OH excluding ortho intramolecular Hbond substituents is 1. The second-order valence-corrected chi connectivity index (χ2v) is 9.62. The van der Waals surface area contributed by atoms with E-state index in [1.165, 1.54) is 18.4 Å². The van der Waals surface area contributed by atoms with Crippen LogP contribution in [0.2, 0.25) is 0 Å². The zero-order valence-corrected chi connectivity index (χ0v) is 40.4. The molecule has 0 aliphatic carbocycles. The molecule has 2 aromatic heterocycles. The summed E-state index contributed by atoms with van der Waals surface area (Å²) in [5.74, 6) is -2.93. The first-order chi connectivity index (χ1) is 24.9. The summed E-state index contributed by atoms with van der Waals surface area (Å²) in [4.78, 5) is 11.2. The molecule has 6 rings (SSSR count). The Hall–Kier alpha value is -2.08. The smallest absolute Gasteiger partial charge is 1.00 e. The summed E-state index contributed by atoms with van der Waals surface area (Å²) in [5.41, 5.74) is -1.16. The van der Waals surface area contributed by atoms with Crippen molar-refractivity contribution in [2.45, 2.75) is 25.6 Å². The fraction of sp³-hybridized carbons (Fsp3) is 0.121. The van der Waals surface area contributed by atoms with Crippen LogP contribution in [0.4, 0.5) is 48.3 Å². The number of carbonyl (C=O) groups is 1. The summed E-state index contributed by atoms with van der Waals surface area (Å²) in [5, 5.41) is 19.2. The second-order valence-electron chi connectivity index (χ2n) is 9.62. The van der Waals surface area contributed by atoms with Gasteiger partial charge in [0.05, 0.1) is 23.7 Å². The van der Waals surface area contributed by atoms with Gasteiger partial charge in [0.1, 0.15) is 22.7 Å². The Morgan fingerprint density at radius 2 is 1.13 bits per heavy atom. The number of aromatic hydroxyl groups is 1. The summed E-state index contributed by atoms with van der Waals surface area (Å²) < 4.78 is 159. The number of fused-ring (bicyclic) bond motifs is 2. The molecular weight excluding hydrogens is 1020 g/mol. The minimum Gasteiger partial charge on any atom is -1.00 e. The second kappa shape index (κ2) is 24.0. The summed E-state index contributed by atoms with van der Waals surface area (Å²) in [6.07, 6.45) is -6.36. The molecule has 6 aromatic rings. The number of rotatable bonds is 7. The minimum atomic E-state index is -4.73. The number of furan rings is 2. The van der Waals surface area contributed by atoms with Crippen molar-refractivity contribution in [1.82, 2.24) is 0 Å². The van der Waals surface area contributed by atoms with Gasteiger partial charge in [0.2, 0.25) is 0 Å². The standard InChI is InChI=1S/C16H9F5O3.C8H4F6O.C8H6O2.CH2O3.2Cs.H/c17-15(18)24-14-7-10(16(19,20)21)2-4-12(14)23-11-3-1-9-5-6-22-13(9)8-11;9-5-2-1-4(8(12,13)14)3-6(5)15-7(10)11;9-7-2-1-6-3-4-10-8(6)5-7;2-1-4-3;;;/h1-8,15H;1-3,7H;1-5,9H;1,3H;;;/q;;;;2*+1;-1/p-1. The quantitative estimate of drug-likeness (QED) is 0.110. The fourth-order valence-electron chi connectivity index (χ4n) is 3.89. The van der Waals surface area contributed by atoms with E-state index in [2.05, 4.69) is 14.4 Å². The monoisotopic (exact) mass is 1040 g/mol. The van der Waals surface area contributed by atoms with Gasteiger partial charge in [0, 0.05) is 22.9 Å². The fourth-order valence-corrected chi connectivity index (χ4v) is 3.89. The van der Waals surface area contributed by atoms with Crippen LogP contribution in [-0.4, -0.2) is 24.8 Å². The molecule has 0 aliphatic rings. The van der Waals surface area contributed by atoms with Gasteiger partial charge in [0.25, 0.3) is 6.47 Å². The van der Waals surface area contributed by atoms with Gasteiger partial charge >= 0.3 is 163 Å². The van der Waals surface area contributed by atoms with E-state index in [4.69, 9.17) is 28.7 Å². The van der Waals surface area contributed by atoms with Crippen LogP contribution in [0.1, 0.15) is 12.6 Å². The summed E-state index contributed by atoms with van der Waals surface area (Å²) in [6, 6.07) is 16.4. The maximum absolute atomic E-state index is 12.7. The molecule has 0 aliphatic heterocycles. The Morgan fingerprint density at radius 3 is 1.64 bits per heavy atom. The third-order valence-electron chi connectivity index (χ3n) is 6.10. The van der Waals surface area contributed by atoms with Gasteiger partial charge in [-0.05, 0) is 72.8 Å². The van der Waals surface area contributed by atoms with Crippen molar-refractivity contribution in [2.24, 2.45) is 0 Å². The Morgan fingerprint density at radius 1 is 0.655 bits per heavy atom. The Labute approximate surface area is 420 Å². The van der Waals surface area contributed by atoms with Crippen LogP contribution < -0.4 is 157 Å². The minimum absolute atomic E-state index is 0. The molecule has 0 saturated heterocycles. The Kier molecular flexibility index (Phi) is 22.2. The van der Waals surface area contributed by atoms with Crippen molar-refractivity contribution in [3.63, 3.8) is 0 Å². The van der Waals surface area contributed by atoms with Gasteiger partial charge in [-0.1, -0.05) is 0 Å². The Bertz CT molecular complexity index is 2080. The predicted molar refractivity (Wildman–Crippen MR) is 159 cm³/mol. The molecule has 0 spiro atoms. The van der Waals surface area contributed by atoms with Gasteiger partial charge in [-0.3, -0.25) is 4.79 Å². The van der Waals surface area contributed by atoms with E-state index in [9.17, 15) is 48.3 Å². The first-order valence-corrected chi connectivity index (χ1v) is 13.9. The number of hydrogen-bond acceptors (Lipinski definition) is 9. The first kappa shape index (κ1) is 50.9. The van der Waals surface area contributed by atoms with Gasteiger partial charge < -0.3 is 39.7 Å². The molecule has 0 bridgehead atoms. The molecule has 0 saturated carbocycles. The van der Waals surface area contributed by atoms with E-state index in [1.807, 2.05) is 12.1 Å². The normalized spacial score (nSPS) is 10.7. The molecule has 55 heavy (non-hydrogen) atoms. The molecule has 286 valence electrons. The molecule has 0 unspecified atom stereocenters. The number of phenols is 1. The van der Waals surface area contributed by atoms with Crippen LogP contribution in [-0.2, 0) is 22.0 Å². The van der Waals surface area contributed by atoms with Crippen molar-refractivity contribution in [1.29, 1.82) is 0 Å². The molecule has 0 fully saturated rings. The van der Waals surface area contributed by atoms with Gasteiger partial charge in [-0.25, -0.2) is 4.39 Å². The molecule has 0 radical (unpaired) electrons. The van der Waals surface area contributed by atoms with Crippen molar-refractivity contribution in [3.8, 4) is 28.7 Å². The van der Waals surface area contributed by atoms with Crippen LogP contribution in [0.15, 0.2) is 106 Å². The Balaban J connectivity index is 0.000000811. The van der Waals surface area contributed by atoms with Crippen LogP contribution in [0.3, 0.4) is 0 Å². The maximum atomic E-state index is 12.7. The zero-order valence-electron chi connectivity index (χ0n) is 28.8. The number of ether oxygens (including phenoxy) is 3. The molecular formula is C33H21Cs2F11O9. The SMILES string of the molecule is FC(F)Oc1cc(C(F)(F)F)ccc1Oc1ccc2ccoc2c1.Fc1ccc(C(F)(F)F)cc1OC(F)F.O=CO[O-].Oc1ccc2ccoc2c1.[Cs+].[Cs+].[H-]. The zero-order chi connectivity index (χ0) is 39.3. The molecule has 1 N–H and O–H groups in total. The summed E-state index contributed by atoms with van der Waals surface area (Å²) in [6.45, 7) is -6.84. The van der Waals surface area contributed by atoms with Crippen molar-refractivity contribution >= 4 is 28.4 Å². The molecule has 4 aromatic carbocycles. The van der Waals surface area contributed by atoms with Gasteiger partial charge in [-0.2, -0.15) is 43.9 Å². The molecule has 9 nitrogen and oxygen atoms in total. The van der Waals surface area contributed by atoms with E-state index in [-0.39, 0.29) is 169 Å². The van der Waals surface area contributed by atoms with E-state index in [0.717, 1.165) is 28.5 Å². The van der Waals surface area contributed by atoms with E-state index >= 15 is 0 Å². The van der Waals surface area contributed by atoms with Crippen LogP contribution in [0.25, 0.3) is 21.9 Å². The third-order valence-corrected chi connectivity index (χ3v) is 6.10. The van der Waals surface area contributed by atoms with Crippen LogP contribution in [0, 0.1) is 5.82 Å². The van der Waals surface area contributed by atoms with Crippen LogP contribution in [0.5, 0.6) is 28.7 Å². The molecule has 22 heteroatoms. The molecule has 2 heterocycles. The van der Waals surface area contributed by atoms with E-state index in [1.54, 1.807) is 30.5 Å². The van der Waals surface area contributed by atoms with Gasteiger partial charge in [0.15, 0.2) is 23.1 Å². The topological polar surface area (TPSA) is 124 Å². The van der Waals surface area contributed by atoms with Crippen molar-refractivity contribution in [2.75, 3.05) is 0 Å². The predicted octanol–water partition coefficient (Wildman–Crippen LogP) is 3.98. The summed E-state index contributed by atoms with van der Waals surface area (Å²) in [7, 11) is 0. The maximum Gasteiger partial charge on any atom is 1.00 e. The molecule has 0 atom stereocenters. The van der Waals surface area contributed by atoms with Gasteiger partial charge in [-0.15, -0.1) is 0 Å². The third kappa shape index (κ3) is 17.1. The number of benzene rings is 4.